The molecule has 0 bridgehead atoms. The lowest BCUT2D eigenvalue weighted by Crippen LogP contribution is -2.29. The van der Waals surface area contributed by atoms with Gasteiger partial charge in [0.05, 0.1) is 19.8 Å². The highest BCUT2D eigenvalue weighted by molar-refractivity contribution is 5.93. The third kappa shape index (κ3) is 4.00. The molecular formula is C18H19NO6. The molecule has 1 fully saturated rings. The lowest BCUT2D eigenvalue weighted by atomic mass is 10.2. The van der Waals surface area contributed by atoms with Crippen molar-refractivity contribution in [3.05, 3.63) is 53.5 Å². The number of carboxylic acids is 1. The summed E-state index contributed by atoms with van der Waals surface area (Å²) in [7, 11) is 1.62. The second-order valence-electron chi connectivity index (χ2n) is 5.79. The standard InChI is InChI=1S/C18H19NO6/c1-23-13-4-2-3-12(9-13)11-24-14-7-8-19(10-14)17(20)15-5-6-16(25-15)18(21)22/h2-6,9,14H,7-8,10-11H2,1H3,(H,21,22). The van der Waals surface area contributed by atoms with Crippen LogP contribution in [0.2, 0.25) is 0 Å². The highest BCUT2D eigenvalue weighted by atomic mass is 16.5. The molecule has 0 aliphatic carbocycles. The number of benzene rings is 1. The molecule has 1 aromatic heterocycles. The Morgan fingerprint density at radius 1 is 1.28 bits per heavy atom. The van der Waals surface area contributed by atoms with Crippen LogP contribution < -0.4 is 4.74 Å². The molecule has 1 aliphatic heterocycles. The molecule has 0 saturated carbocycles. The zero-order valence-electron chi connectivity index (χ0n) is 13.8. The first kappa shape index (κ1) is 17.0. The molecule has 25 heavy (non-hydrogen) atoms. The van der Waals surface area contributed by atoms with E-state index in [9.17, 15) is 9.59 Å². The van der Waals surface area contributed by atoms with Crippen LogP contribution in [0.5, 0.6) is 5.75 Å². The molecule has 7 heteroatoms. The summed E-state index contributed by atoms with van der Waals surface area (Å²) in [4.78, 5) is 24.8. The number of ether oxygens (including phenoxy) is 2. The van der Waals surface area contributed by atoms with E-state index in [1.807, 2.05) is 24.3 Å². The molecule has 1 amide bonds. The molecule has 3 rings (SSSR count). The summed E-state index contributed by atoms with van der Waals surface area (Å²) in [5, 5.41) is 8.86. The molecule has 132 valence electrons. The van der Waals surface area contributed by atoms with Gasteiger partial charge in [0.2, 0.25) is 5.76 Å². The average molecular weight is 345 g/mol. The van der Waals surface area contributed by atoms with Crippen molar-refractivity contribution in [2.45, 2.75) is 19.1 Å². The number of hydrogen-bond donors (Lipinski definition) is 1. The Morgan fingerprint density at radius 3 is 2.80 bits per heavy atom. The monoisotopic (exact) mass is 345 g/mol. The van der Waals surface area contributed by atoms with E-state index < -0.39 is 5.97 Å². The molecule has 1 aliphatic rings. The molecule has 2 heterocycles. The van der Waals surface area contributed by atoms with Crippen LogP contribution in [-0.4, -0.2) is 48.2 Å². The number of aromatic carboxylic acids is 1. The summed E-state index contributed by atoms with van der Waals surface area (Å²) >= 11 is 0. The number of carbonyl (C=O) groups excluding carboxylic acids is 1. The molecular weight excluding hydrogens is 326 g/mol. The van der Waals surface area contributed by atoms with Gasteiger partial charge in [-0.1, -0.05) is 12.1 Å². The van der Waals surface area contributed by atoms with E-state index in [0.717, 1.165) is 17.7 Å². The van der Waals surface area contributed by atoms with Crippen LogP contribution in [-0.2, 0) is 11.3 Å². The third-order valence-electron chi connectivity index (χ3n) is 4.08. The van der Waals surface area contributed by atoms with Crippen LogP contribution in [0, 0.1) is 0 Å². The Hall–Kier alpha value is -2.80. The van der Waals surface area contributed by atoms with Crippen molar-refractivity contribution in [2.24, 2.45) is 0 Å². The number of furan rings is 1. The third-order valence-corrected chi connectivity index (χ3v) is 4.08. The average Bonchev–Trinajstić information content (AvgIpc) is 3.29. The SMILES string of the molecule is COc1cccc(COC2CCN(C(=O)c3ccc(C(=O)O)o3)C2)c1. The number of methoxy groups -OCH3 is 1. The number of carbonyl (C=O) groups is 2. The number of likely N-dealkylation sites (tertiary alicyclic amines) is 1. The van der Waals surface area contributed by atoms with Crippen molar-refractivity contribution < 1.29 is 28.6 Å². The molecule has 1 unspecified atom stereocenters. The van der Waals surface area contributed by atoms with E-state index in [2.05, 4.69) is 0 Å². The van der Waals surface area contributed by atoms with Gasteiger partial charge in [-0.05, 0) is 36.2 Å². The minimum Gasteiger partial charge on any atom is -0.497 e. The van der Waals surface area contributed by atoms with E-state index >= 15 is 0 Å². The van der Waals surface area contributed by atoms with Gasteiger partial charge in [-0.3, -0.25) is 4.79 Å². The van der Waals surface area contributed by atoms with Crippen LogP contribution in [0.1, 0.15) is 33.1 Å². The number of rotatable bonds is 6. The highest BCUT2D eigenvalue weighted by Gasteiger charge is 2.29. The van der Waals surface area contributed by atoms with Gasteiger partial charge in [0.15, 0.2) is 5.76 Å². The Balaban J connectivity index is 1.54. The van der Waals surface area contributed by atoms with Gasteiger partial charge in [-0.2, -0.15) is 0 Å². The lowest BCUT2D eigenvalue weighted by Gasteiger charge is -2.15. The fraction of sp³-hybridized carbons (Fsp3) is 0.333. The fourth-order valence-corrected chi connectivity index (χ4v) is 2.75. The summed E-state index contributed by atoms with van der Waals surface area (Å²) in [6.45, 7) is 1.43. The highest BCUT2D eigenvalue weighted by Crippen LogP contribution is 2.20. The second kappa shape index (κ2) is 7.40. The quantitative estimate of drug-likeness (QED) is 0.865. The smallest absolute Gasteiger partial charge is 0.371 e. The van der Waals surface area contributed by atoms with Crippen LogP contribution in [0.3, 0.4) is 0 Å². The van der Waals surface area contributed by atoms with Gasteiger partial charge in [-0.25, -0.2) is 4.79 Å². The van der Waals surface area contributed by atoms with E-state index in [1.165, 1.54) is 12.1 Å². The van der Waals surface area contributed by atoms with Crippen LogP contribution in [0.15, 0.2) is 40.8 Å². The fourth-order valence-electron chi connectivity index (χ4n) is 2.75. The molecule has 2 aromatic rings. The maximum absolute atomic E-state index is 12.4. The Labute approximate surface area is 144 Å². The number of amides is 1. The van der Waals surface area contributed by atoms with Gasteiger partial charge in [0.1, 0.15) is 5.75 Å². The number of nitrogens with zero attached hydrogens (tertiary/aromatic N) is 1. The van der Waals surface area contributed by atoms with Crippen molar-refractivity contribution in [3.8, 4) is 5.75 Å². The first-order chi connectivity index (χ1) is 12.1. The molecule has 1 N–H and O–H groups in total. The van der Waals surface area contributed by atoms with Crippen molar-refractivity contribution in [1.82, 2.24) is 4.90 Å². The van der Waals surface area contributed by atoms with E-state index in [4.69, 9.17) is 19.0 Å². The van der Waals surface area contributed by atoms with Gasteiger partial charge >= 0.3 is 5.97 Å². The number of carboxylic acid groups (broad SMARTS) is 1. The summed E-state index contributed by atoms with van der Waals surface area (Å²) in [6, 6.07) is 10.3. The van der Waals surface area contributed by atoms with Crippen molar-refractivity contribution in [3.63, 3.8) is 0 Å². The van der Waals surface area contributed by atoms with Gasteiger partial charge in [0.25, 0.3) is 5.91 Å². The summed E-state index contributed by atoms with van der Waals surface area (Å²) < 4.78 is 16.1. The predicted octanol–water partition coefficient (Wildman–Crippen LogP) is 2.42. The zero-order chi connectivity index (χ0) is 17.8. The minimum absolute atomic E-state index is 0.0332. The second-order valence-corrected chi connectivity index (χ2v) is 5.79. The van der Waals surface area contributed by atoms with Crippen molar-refractivity contribution in [2.75, 3.05) is 20.2 Å². The predicted molar refractivity (Wildman–Crippen MR) is 87.8 cm³/mol. The Kier molecular flexibility index (Phi) is 5.04. The Morgan fingerprint density at radius 2 is 2.08 bits per heavy atom. The lowest BCUT2D eigenvalue weighted by molar-refractivity contribution is 0.0428. The molecule has 0 spiro atoms. The molecule has 1 aromatic carbocycles. The maximum Gasteiger partial charge on any atom is 0.371 e. The van der Waals surface area contributed by atoms with Gasteiger partial charge < -0.3 is 23.9 Å². The molecule has 1 atom stereocenters. The molecule has 7 nitrogen and oxygen atoms in total. The molecule has 1 saturated heterocycles. The number of hydrogen-bond acceptors (Lipinski definition) is 5. The normalized spacial score (nSPS) is 16.8. The van der Waals surface area contributed by atoms with E-state index in [-0.39, 0.29) is 23.5 Å². The first-order valence-corrected chi connectivity index (χ1v) is 7.94. The Bertz CT molecular complexity index is 768. The van der Waals surface area contributed by atoms with Crippen molar-refractivity contribution in [1.29, 1.82) is 0 Å². The van der Waals surface area contributed by atoms with Crippen LogP contribution in [0.4, 0.5) is 0 Å². The minimum atomic E-state index is -1.19. The zero-order valence-corrected chi connectivity index (χ0v) is 13.8. The van der Waals surface area contributed by atoms with Crippen molar-refractivity contribution >= 4 is 11.9 Å². The first-order valence-electron chi connectivity index (χ1n) is 7.94. The summed E-state index contributed by atoms with van der Waals surface area (Å²) in [5.41, 5.74) is 1.00. The summed E-state index contributed by atoms with van der Waals surface area (Å²) in [6.07, 6.45) is 0.659. The summed E-state index contributed by atoms with van der Waals surface area (Å²) in [5.74, 6) is -0.949. The van der Waals surface area contributed by atoms with Gasteiger partial charge in [0, 0.05) is 13.1 Å². The van der Waals surface area contributed by atoms with Gasteiger partial charge in [-0.15, -0.1) is 0 Å². The van der Waals surface area contributed by atoms with E-state index in [0.29, 0.717) is 19.7 Å². The largest absolute Gasteiger partial charge is 0.497 e. The molecule has 0 radical (unpaired) electrons. The maximum atomic E-state index is 12.4. The van der Waals surface area contributed by atoms with E-state index in [1.54, 1.807) is 12.0 Å². The van der Waals surface area contributed by atoms with Crippen LogP contribution >= 0.6 is 0 Å². The van der Waals surface area contributed by atoms with Crippen LogP contribution in [0.25, 0.3) is 0 Å². The topological polar surface area (TPSA) is 89.2 Å².